The number of aromatic nitrogens is 2. The Hall–Kier alpha value is -3.10. The van der Waals surface area contributed by atoms with Gasteiger partial charge in [0.15, 0.2) is 0 Å². The first kappa shape index (κ1) is 19.8. The summed E-state index contributed by atoms with van der Waals surface area (Å²) in [7, 11) is 5.94. The smallest absolute Gasteiger partial charge is 0.216 e. The number of ether oxygens (including phenoxy) is 1. The molecule has 1 atom stereocenters. The van der Waals surface area contributed by atoms with Crippen molar-refractivity contribution in [3.63, 3.8) is 0 Å². The minimum atomic E-state index is -0.145. The van der Waals surface area contributed by atoms with Crippen molar-refractivity contribution in [3.05, 3.63) is 54.1 Å². The molecule has 3 heterocycles. The Bertz CT molecular complexity index is 1110. The largest absolute Gasteiger partial charge is 0.496 e. The standard InChI is InChI=1S/C23H29N7O/c1-27(2)13-8-14-28-15-24-22-26-21(17-9-4-7-12-20(17)31-3)30-19-11-6-5-10-18(19)25-23(30)29(22)16-28/h4-7,9-12,21H,8,13-16H2,1-3H3,(H,24,26)/t21-/m1/s1. The van der Waals surface area contributed by atoms with Crippen LogP contribution in [0.5, 0.6) is 5.75 Å². The van der Waals surface area contributed by atoms with Gasteiger partial charge < -0.3 is 15.0 Å². The Labute approximate surface area is 182 Å². The molecule has 2 aliphatic heterocycles. The lowest BCUT2D eigenvalue weighted by molar-refractivity contribution is 0.253. The first-order chi connectivity index (χ1) is 15.2. The van der Waals surface area contributed by atoms with E-state index in [0.29, 0.717) is 6.67 Å². The van der Waals surface area contributed by atoms with Gasteiger partial charge in [0.2, 0.25) is 11.9 Å². The van der Waals surface area contributed by atoms with Gasteiger partial charge in [-0.1, -0.05) is 30.3 Å². The van der Waals surface area contributed by atoms with Crippen LogP contribution < -0.4 is 15.0 Å². The molecule has 5 rings (SSSR count). The normalized spacial score (nSPS) is 18.5. The lowest BCUT2D eigenvalue weighted by Gasteiger charge is -2.42. The molecule has 0 aliphatic carbocycles. The second kappa shape index (κ2) is 8.20. The predicted molar refractivity (Wildman–Crippen MR) is 124 cm³/mol. The molecule has 3 aromatic rings. The fourth-order valence-corrected chi connectivity index (χ4v) is 4.37. The number of nitrogens with zero attached hydrogens (tertiary/aromatic N) is 6. The topological polar surface area (TPSA) is 61.2 Å². The van der Waals surface area contributed by atoms with Gasteiger partial charge in [0.25, 0.3) is 0 Å². The van der Waals surface area contributed by atoms with Crippen LogP contribution in [0.2, 0.25) is 0 Å². The minimum Gasteiger partial charge on any atom is -0.496 e. The number of hydrogen-bond donors (Lipinski definition) is 1. The molecule has 0 amide bonds. The van der Waals surface area contributed by atoms with Gasteiger partial charge in [0.05, 0.1) is 31.5 Å². The summed E-state index contributed by atoms with van der Waals surface area (Å²) < 4.78 is 7.94. The van der Waals surface area contributed by atoms with E-state index in [9.17, 15) is 0 Å². The number of hydrogen-bond acceptors (Lipinski definition) is 7. The quantitative estimate of drug-likeness (QED) is 0.663. The zero-order chi connectivity index (χ0) is 21.4. The van der Waals surface area contributed by atoms with Gasteiger partial charge >= 0.3 is 0 Å². The molecule has 0 fully saturated rings. The minimum absolute atomic E-state index is 0.145. The lowest BCUT2D eigenvalue weighted by atomic mass is 10.1. The number of nitrogens with one attached hydrogen (secondary N) is 1. The summed E-state index contributed by atoms with van der Waals surface area (Å²) in [4.78, 5) is 16.7. The predicted octanol–water partition coefficient (Wildman–Crippen LogP) is 2.54. The highest BCUT2D eigenvalue weighted by atomic mass is 16.5. The molecule has 1 N–H and O–H groups in total. The molecule has 0 bridgehead atoms. The number of methoxy groups -OCH3 is 1. The van der Waals surface area contributed by atoms with Crippen molar-refractivity contribution in [1.82, 2.24) is 24.7 Å². The summed E-state index contributed by atoms with van der Waals surface area (Å²) in [5.74, 6) is 2.62. The van der Waals surface area contributed by atoms with E-state index in [4.69, 9.17) is 14.7 Å². The first-order valence-corrected chi connectivity index (χ1v) is 10.7. The van der Waals surface area contributed by atoms with Gasteiger partial charge in [0, 0.05) is 12.1 Å². The van der Waals surface area contributed by atoms with Crippen LogP contribution in [0.15, 0.2) is 53.5 Å². The summed E-state index contributed by atoms with van der Waals surface area (Å²) in [6, 6.07) is 16.4. The van der Waals surface area contributed by atoms with Crippen LogP contribution in [0.25, 0.3) is 11.0 Å². The van der Waals surface area contributed by atoms with Crippen LogP contribution in [-0.2, 0) is 0 Å². The number of aliphatic imine (C=N–C) groups is 1. The van der Waals surface area contributed by atoms with Gasteiger partial charge in [-0.3, -0.25) is 14.4 Å². The molecule has 0 spiro atoms. The molecule has 1 aromatic heterocycles. The molecule has 0 saturated carbocycles. The summed E-state index contributed by atoms with van der Waals surface area (Å²) >= 11 is 0. The third kappa shape index (κ3) is 3.62. The molecule has 8 heteroatoms. The Morgan fingerprint density at radius 1 is 1.13 bits per heavy atom. The van der Waals surface area contributed by atoms with E-state index in [-0.39, 0.29) is 6.17 Å². The summed E-state index contributed by atoms with van der Waals surface area (Å²) in [5.41, 5.74) is 3.13. The zero-order valence-electron chi connectivity index (χ0n) is 18.3. The molecule has 0 unspecified atom stereocenters. The van der Waals surface area contributed by atoms with Crippen LogP contribution in [0, 0.1) is 0 Å². The maximum Gasteiger partial charge on any atom is 0.216 e. The van der Waals surface area contributed by atoms with E-state index in [1.54, 1.807) is 7.11 Å². The molecule has 0 saturated heterocycles. The Balaban J connectivity index is 1.55. The van der Waals surface area contributed by atoms with Gasteiger partial charge in [-0.05, 0) is 45.3 Å². The third-order valence-electron chi connectivity index (χ3n) is 5.87. The van der Waals surface area contributed by atoms with Crippen LogP contribution >= 0.6 is 0 Å². The number of guanidine groups is 1. The monoisotopic (exact) mass is 419 g/mol. The fourth-order valence-electron chi connectivity index (χ4n) is 4.37. The molecule has 31 heavy (non-hydrogen) atoms. The van der Waals surface area contributed by atoms with Crippen LogP contribution in [0.1, 0.15) is 18.2 Å². The average molecular weight is 420 g/mol. The van der Waals surface area contributed by atoms with Crippen molar-refractivity contribution in [1.29, 1.82) is 0 Å². The van der Waals surface area contributed by atoms with E-state index >= 15 is 0 Å². The van der Waals surface area contributed by atoms with Gasteiger partial charge in [-0.25, -0.2) is 9.98 Å². The van der Waals surface area contributed by atoms with Gasteiger partial charge in [0.1, 0.15) is 11.9 Å². The van der Waals surface area contributed by atoms with Crippen LogP contribution in [-0.4, -0.2) is 72.9 Å². The van der Waals surface area contributed by atoms with Crippen molar-refractivity contribution in [2.75, 3.05) is 52.5 Å². The Morgan fingerprint density at radius 3 is 2.77 bits per heavy atom. The number of fused-ring (bicyclic) bond motifs is 5. The highest BCUT2D eigenvalue weighted by Crippen LogP contribution is 2.36. The van der Waals surface area contributed by atoms with Crippen molar-refractivity contribution in [3.8, 4) is 5.75 Å². The van der Waals surface area contributed by atoms with Crippen molar-refractivity contribution in [2.24, 2.45) is 4.99 Å². The van der Waals surface area contributed by atoms with Crippen LogP contribution in [0.3, 0.4) is 0 Å². The van der Waals surface area contributed by atoms with E-state index in [1.165, 1.54) is 0 Å². The fraction of sp³-hybridized carbons (Fsp3) is 0.391. The zero-order valence-corrected chi connectivity index (χ0v) is 18.3. The first-order valence-electron chi connectivity index (χ1n) is 10.7. The van der Waals surface area contributed by atoms with Crippen molar-refractivity contribution in [2.45, 2.75) is 12.6 Å². The molecule has 8 nitrogen and oxygen atoms in total. The second-order valence-corrected chi connectivity index (χ2v) is 8.30. The molecule has 162 valence electrons. The summed E-state index contributed by atoms with van der Waals surface area (Å²) in [6.45, 7) is 3.52. The van der Waals surface area contributed by atoms with E-state index in [0.717, 1.165) is 60.4 Å². The maximum absolute atomic E-state index is 5.68. The van der Waals surface area contributed by atoms with Crippen molar-refractivity contribution >= 4 is 22.9 Å². The molecular formula is C23H29N7O. The highest BCUT2D eigenvalue weighted by Gasteiger charge is 2.36. The number of anilines is 1. The molecule has 2 aromatic carbocycles. The molecule has 2 aliphatic rings. The van der Waals surface area contributed by atoms with Gasteiger partial charge in [-0.2, -0.15) is 0 Å². The Kier molecular flexibility index (Phi) is 5.25. The highest BCUT2D eigenvalue weighted by molar-refractivity contribution is 5.99. The summed E-state index contributed by atoms with van der Waals surface area (Å²) in [6.07, 6.45) is 0.966. The molecular weight excluding hydrogens is 390 g/mol. The second-order valence-electron chi connectivity index (χ2n) is 8.30. The third-order valence-corrected chi connectivity index (χ3v) is 5.87. The maximum atomic E-state index is 5.68. The number of benzene rings is 2. The van der Waals surface area contributed by atoms with E-state index in [1.807, 2.05) is 24.3 Å². The number of rotatable bonds is 6. The van der Waals surface area contributed by atoms with Crippen LogP contribution in [0.4, 0.5) is 5.95 Å². The van der Waals surface area contributed by atoms with E-state index < -0.39 is 0 Å². The lowest BCUT2D eigenvalue weighted by Crippen LogP contribution is -2.57. The summed E-state index contributed by atoms with van der Waals surface area (Å²) in [5, 5.41) is 3.66. The van der Waals surface area contributed by atoms with E-state index in [2.05, 4.69) is 62.9 Å². The van der Waals surface area contributed by atoms with Crippen molar-refractivity contribution < 1.29 is 4.74 Å². The Morgan fingerprint density at radius 2 is 1.94 bits per heavy atom. The average Bonchev–Trinajstić information content (AvgIpc) is 3.18. The van der Waals surface area contributed by atoms with Gasteiger partial charge in [-0.15, -0.1) is 0 Å². The number of imidazole rings is 1. The number of para-hydroxylation sites is 3. The SMILES string of the molecule is COc1ccccc1[C@@H]1NC2=NCN(CCCN(C)C)CN2c2nc3ccccc3n21. The molecule has 0 radical (unpaired) electrons.